The van der Waals surface area contributed by atoms with Crippen molar-refractivity contribution in [1.29, 1.82) is 0 Å². The molecule has 0 bridgehead atoms. The highest BCUT2D eigenvalue weighted by Gasteiger charge is 2.31. The summed E-state index contributed by atoms with van der Waals surface area (Å²) < 4.78 is 6.11. The van der Waals surface area contributed by atoms with E-state index in [1.807, 2.05) is 53.4 Å². The number of likely N-dealkylation sites (tertiary alicyclic amines) is 1. The molecule has 0 spiro atoms. The molecule has 2 aliphatic rings. The number of nitrogens with zero attached hydrogens (tertiary/aromatic N) is 2. The third-order valence-corrected chi connectivity index (χ3v) is 7.00. The fourth-order valence-electron chi connectivity index (χ4n) is 3.72. The molecule has 5 nitrogen and oxygen atoms in total. The summed E-state index contributed by atoms with van der Waals surface area (Å²) in [6, 6.07) is 13.4. The normalized spacial score (nSPS) is 17.8. The van der Waals surface area contributed by atoms with E-state index < -0.39 is 0 Å². The SMILES string of the molecule is COc1ccc(/C=C2/Sc3ccccc3N(CC(=O)N3CCCCC3)C2=O)cc1Br. The number of halogens is 1. The Balaban J connectivity index is 1.63. The van der Waals surface area contributed by atoms with Gasteiger partial charge in [0.25, 0.3) is 5.91 Å². The summed E-state index contributed by atoms with van der Waals surface area (Å²) in [5.41, 5.74) is 1.69. The standard InChI is InChI=1S/C23H23BrN2O3S/c1-29-19-10-9-16(13-17(19)24)14-21-23(28)26(18-7-3-4-8-20(18)30-21)15-22(27)25-11-5-2-6-12-25/h3-4,7-10,13-14H,2,5-6,11-12,15H2,1H3/b21-14+. The Hall–Kier alpha value is -2.25. The first kappa shape index (κ1) is 21.0. The number of thioether (sulfide) groups is 1. The average molecular weight is 487 g/mol. The molecule has 0 unspecified atom stereocenters. The lowest BCUT2D eigenvalue weighted by molar-refractivity contribution is -0.131. The molecule has 0 radical (unpaired) electrons. The molecule has 156 valence electrons. The zero-order chi connectivity index (χ0) is 21.1. The van der Waals surface area contributed by atoms with Gasteiger partial charge in [0, 0.05) is 18.0 Å². The summed E-state index contributed by atoms with van der Waals surface area (Å²) in [7, 11) is 1.62. The monoisotopic (exact) mass is 486 g/mol. The Bertz CT molecular complexity index is 1000. The number of ether oxygens (including phenoxy) is 1. The molecule has 0 aliphatic carbocycles. The Morgan fingerprint density at radius 2 is 1.93 bits per heavy atom. The van der Waals surface area contributed by atoms with Crippen molar-refractivity contribution in [2.24, 2.45) is 0 Å². The van der Waals surface area contributed by atoms with Crippen LogP contribution in [0.25, 0.3) is 6.08 Å². The second kappa shape index (κ2) is 9.27. The van der Waals surface area contributed by atoms with E-state index >= 15 is 0 Å². The first-order valence-electron chi connectivity index (χ1n) is 9.98. The summed E-state index contributed by atoms with van der Waals surface area (Å²) >= 11 is 4.94. The fourth-order valence-corrected chi connectivity index (χ4v) is 5.34. The molecule has 0 saturated carbocycles. The summed E-state index contributed by atoms with van der Waals surface area (Å²) in [6.07, 6.45) is 5.09. The third kappa shape index (κ3) is 4.42. The summed E-state index contributed by atoms with van der Waals surface area (Å²) in [6.45, 7) is 1.62. The Morgan fingerprint density at radius 3 is 2.67 bits per heavy atom. The van der Waals surface area contributed by atoms with Crippen molar-refractivity contribution < 1.29 is 14.3 Å². The van der Waals surface area contributed by atoms with E-state index in [-0.39, 0.29) is 18.4 Å². The number of rotatable bonds is 4. The minimum atomic E-state index is -0.143. The highest BCUT2D eigenvalue weighted by atomic mass is 79.9. The number of carbonyl (C=O) groups excluding carboxylic acids is 2. The van der Waals surface area contributed by atoms with Crippen molar-refractivity contribution >= 4 is 51.3 Å². The second-order valence-corrected chi connectivity index (χ2v) is 9.24. The Kier molecular flexibility index (Phi) is 6.49. The maximum absolute atomic E-state index is 13.3. The second-order valence-electron chi connectivity index (χ2n) is 7.31. The summed E-state index contributed by atoms with van der Waals surface area (Å²) in [5, 5.41) is 0. The summed E-state index contributed by atoms with van der Waals surface area (Å²) in [4.78, 5) is 31.3. The zero-order valence-corrected chi connectivity index (χ0v) is 19.2. The molecule has 4 rings (SSSR count). The number of hydrogen-bond donors (Lipinski definition) is 0. The predicted molar refractivity (Wildman–Crippen MR) is 124 cm³/mol. The van der Waals surface area contributed by atoms with Gasteiger partial charge in [-0.05, 0) is 71.1 Å². The fraction of sp³-hybridized carbons (Fsp3) is 0.304. The maximum Gasteiger partial charge on any atom is 0.265 e. The topological polar surface area (TPSA) is 49.9 Å². The van der Waals surface area contributed by atoms with E-state index in [9.17, 15) is 9.59 Å². The van der Waals surface area contributed by atoms with Gasteiger partial charge in [-0.1, -0.05) is 30.0 Å². The molecule has 0 aromatic heterocycles. The first-order chi connectivity index (χ1) is 14.6. The Labute approximate surface area is 189 Å². The molecule has 2 aromatic rings. The maximum atomic E-state index is 13.3. The van der Waals surface area contributed by atoms with Crippen molar-refractivity contribution in [3.05, 3.63) is 57.4 Å². The quantitative estimate of drug-likeness (QED) is 0.573. The van der Waals surface area contributed by atoms with Crippen molar-refractivity contribution in [2.45, 2.75) is 24.2 Å². The lowest BCUT2D eigenvalue weighted by Crippen LogP contribution is -2.46. The zero-order valence-electron chi connectivity index (χ0n) is 16.8. The van der Waals surface area contributed by atoms with Gasteiger partial charge in [-0.15, -0.1) is 0 Å². The molecule has 2 aromatic carbocycles. The molecule has 0 N–H and O–H groups in total. The molecule has 7 heteroatoms. The minimum absolute atomic E-state index is 0.0105. The van der Waals surface area contributed by atoms with Crippen LogP contribution >= 0.6 is 27.7 Å². The van der Waals surface area contributed by atoms with Gasteiger partial charge < -0.3 is 9.64 Å². The van der Waals surface area contributed by atoms with Crippen LogP contribution in [0.4, 0.5) is 5.69 Å². The molecule has 2 aliphatic heterocycles. The molecule has 1 fully saturated rings. The first-order valence-corrected chi connectivity index (χ1v) is 11.6. The van der Waals surface area contributed by atoms with Crippen LogP contribution in [0.2, 0.25) is 0 Å². The van der Waals surface area contributed by atoms with Gasteiger partial charge in [0.15, 0.2) is 0 Å². The molecule has 1 saturated heterocycles. The van der Waals surface area contributed by atoms with Crippen molar-refractivity contribution in [3.63, 3.8) is 0 Å². The van der Waals surface area contributed by atoms with E-state index in [1.54, 1.807) is 12.0 Å². The van der Waals surface area contributed by atoms with Crippen LogP contribution in [-0.4, -0.2) is 43.5 Å². The van der Waals surface area contributed by atoms with Crippen LogP contribution in [0.5, 0.6) is 5.75 Å². The van der Waals surface area contributed by atoms with E-state index in [4.69, 9.17) is 4.74 Å². The van der Waals surface area contributed by atoms with E-state index in [0.29, 0.717) is 4.91 Å². The number of methoxy groups -OCH3 is 1. The van der Waals surface area contributed by atoms with Crippen molar-refractivity contribution in [3.8, 4) is 5.75 Å². The van der Waals surface area contributed by atoms with Crippen LogP contribution in [0, 0.1) is 0 Å². The van der Waals surface area contributed by atoms with Crippen LogP contribution in [-0.2, 0) is 9.59 Å². The van der Waals surface area contributed by atoms with Gasteiger partial charge in [0.05, 0.1) is 22.2 Å². The van der Waals surface area contributed by atoms with E-state index in [2.05, 4.69) is 15.9 Å². The van der Waals surface area contributed by atoms with Gasteiger partial charge in [-0.25, -0.2) is 0 Å². The number of hydrogen-bond acceptors (Lipinski definition) is 4. The van der Waals surface area contributed by atoms with Gasteiger partial charge in [-0.2, -0.15) is 0 Å². The molecular formula is C23H23BrN2O3S. The van der Waals surface area contributed by atoms with Crippen LogP contribution in [0.1, 0.15) is 24.8 Å². The number of piperidine rings is 1. The van der Waals surface area contributed by atoms with Gasteiger partial charge in [0.2, 0.25) is 5.91 Å². The highest BCUT2D eigenvalue weighted by Crippen LogP contribution is 2.42. The predicted octanol–water partition coefficient (Wildman–Crippen LogP) is 4.95. The number of para-hydroxylation sites is 1. The Morgan fingerprint density at radius 1 is 1.17 bits per heavy atom. The molecule has 2 heterocycles. The highest BCUT2D eigenvalue weighted by molar-refractivity contribution is 9.10. The summed E-state index contributed by atoms with van der Waals surface area (Å²) in [5.74, 6) is 0.603. The minimum Gasteiger partial charge on any atom is -0.496 e. The number of fused-ring (bicyclic) bond motifs is 1. The van der Waals surface area contributed by atoms with Gasteiger partial charge >= 0.3 is 0 Å². The molecular weight excluding hydrogens is 464 g/mol. The van der Waals surface area contributed by atoms with Crippen LogP contribution in [0.15, 0.2) is 56.7 Å². The van der Waals surface area contributed by atoms with E-state index in [0.717, 1.165) is 58.7 Å². The molecule has 30 heavy (non-hydrogen) atoms. The third-order valence-electron chi connectivity index (χ3n) is 5.31. The lowest BCUT2D eigenvalue weighted by Gasteiger charge is -2.33. The molecule has 0 atom stereocenters. The smallest absolute Gasteiger partial charge is 0.265 e. The van der Waals surface area contributed by atoms with E-state index in [1.165, 1.54) is 11.8 Å². The largest absolute Gasteiger partial charge is 0.496 e. The lowest BCUT2D eigenvalue weighted by atomic mass is 10.1. The number of benzene rings is 2. The molecule has 2 amide bonds. The van der Waals surface area contributed by atoms with Gasteiger partial charge in [0.1, 0.15) is 12.3 Å². The number of carbonyl (C=O) groups is 2. The van der Waals surface area contributed by atoms with Gasteiger partial charge in [-0.3, -0.25) is 14.5 Å². The number of anilines is 1. The number of amides is 2. The van der Waals surface area contributed by atoms with Crippen molar-refractivity contribution in [1.82, 2.24) is 4.90 Å². The van der Waals surface area contributed by atoms with Crippen LogP contribution in [0.3, 0.4) is 0 Å². The van der Waals surface area contributed by atoms with Crippen LogP contribution < -0.4 is 9.64 Å². The average Bonchev–Trinajstić information content (AvgIpc) is 2.77. The van der Waals surface area contributed by atoms with Crippen molar-refractivity contribution in [2.75, 3.05) is 31.6 Å².